The molecule has 0 saturated carbocycles. The van der Waals surface area contributed by atoms with Gasteiger partial charge in [0, 0.05) is 30.9 Å². The van der Waals surface area contributed by atoms with Crippen molar-refractivity contribution in [2.45, 2.75) is 38.8 Å². The van der Waals surface area contributed by atoms with Gasteiger partial charge in [-0.05, 0) is 19.8 Å². The van der Waals surface area contributed by atoms with Crippen LogP contribution >= 0.6 is 0 Å². The van der Waals surface area contributed by atoms with E-state index in [0.29, 0.717) is 30.0 Å². The molecule has 0 radical (unpaired) electrons. The van der Waals surface area contributed by atoms with Gasteiger partial charge in [-0.25, -0.2) is 19.3 Å². The van der Waals surface area contributed by atoms with Crippen LogP contribution in [0, 0.1) is 12.7 Å². The average molecular weight is 353 g/mol. The quantitative estimate of drug-likeness (QED) is 0.718. The number of piperidine rings is 1. The monoisotopic (exact) mass is 353 g/mol. The Morgan fingerprint density at radius 3 is 2.81 bits per heavy atom. The highest BCUT2D eigenvalue weighted by atomic mass is 19.1. The topological polar surface area (TPSA) is 62.5 Å². The van der Waals surface area contributed by atoms with Crippen molar-refractivity contribution < 1.29 is 4.39 Å². The Labute approximate surface area is 150 Å². The lowest BCUT2D eigenvalue weighted by molar-refractivity contribution is 0.284. The smallest absolute Gasteiger partial charge is 0.187 e. The van der Waals surface area contributed by atoms with Crippen LogP contribution in [0.15, 0.2) is 24.7 Å². The fraction of sp³-hybridized carbons (Fsp3) is 0.444. The summed E-state index contributed by atoms with van der Waals surface area (Å²) in [5.74, 6) is 1.22. The molecule has 0 aliphatic carbocycles. The van der Waals surface area contributed by atoms with Gasteiger partial charge in [0.25, 0.3) is 0 Å². The van der Waals surface area contributed by atoms with Gasteiger partial charge in [0.2, 0.25) is 0 Å². The Bertz CT molecular complexity index is 973. The maximum absolute atomic E-state index is 14.6. The molecule has 3 aliphatic heterocycles. The largest absolute Gasteiger partial charge is 0.350 e. The minimum Gasteiger partial charge on any atom is -0.350 e. The molecule has 0 N–H and O–H groups in total. The van der Waals surface area contributed by atoms with Crippen molar-refractivity contribution in [2.75, 3.05) is 22.9 Å². The van der Waals surface area contributed by atoms with Gasteiger partial charge in [0.15, 0.2) is 17.3 Å². The predicted molar refractivity (Wildman–Crippen MR) is 96.0 cm³/mol. The molecule has 2 unspecified atom stereocenters. The second-order valence-corrected chi connectivity index (χ2v) is 7.02. The first-order chi connectivity index (χ1) is 12.7. The summed E-state index contributed by atoms with van der Waals surface area (Å²) in [5, 5.41) is 4.42. The van der Waals surface area contributed by atoms with Crippen molar-refractivity contribution in [2.24, 2.45) is 0 Å². The van der Waals surface area contributed by atoms with Crippen molar-refractivity contribution >= 4 is 17.3 Å². The molecule has 134 valence electrons. The number of piperazine rings is 1. The molecule has 3 saturated heterocycles. The van der Waals surface area contributed by atoms with E-state index in [4.69, 9.17) is 0 Å². The first-order valence-corrected chi connectivity index (χ1v) is 8.99. The fourth-order valence-corrected chi connectivity index (χ4v) is 4.22. The Balaban J connectivity index is 1.45. The lowest BCUT2D eigenvalue weighted by atomic mass is 9.87. The Morgan fingerprint density at radius 2 is 2.04 bits per heavy atom. The summed E-state index contributed by atoms with van der Waals surface area (Å²) in [4.78, 5) is 17.2. The van der Waals surface area contributed by atoms with Crippen LogP contribution < -0.4 is 9.80 Å². The summed E-state index contributed by atoms with van der Waals surface area (Å²) >= 11 is 0. The molecule has 26 heavy (non-hydrogen) atoms. The maximum Gasteiger partial charge on any atom is 0.187 e. The highest BCUT2D eigenvalue weighted by molar-refractivity contribution is 5.57. The zero-order chi connectivity index (χ0) is 17.8. The summed E-state index contributed by atoms with van der Waals surface area (Å²) in [6, 6.07) is 4.64. The molecule has 0 aromatic carbocycles. The van der Waals surface area contributed by atoms with E-state index < -0.39 is 0 Å². The van der Waals surface area contributed by atoms with Crippen molar-refractivity contribution in [3.05, 3.63) is 41.9 Å². The molecule has 0 spiro atoms. The minimum absolute atomic E-state index is 0.280. The number of aryl methyl sites for hydroxylation is 2. The van der Waals surface area contributed by atoms with Crippen molar-refractivity contribution in [1.29, 1.82) is 0 Å². The number of rotatable bonds is 3. The molecule has 6 rings (SSSR count). The van der Waals surface area contributed by atoms with Crippen LogP contribution in [0.4, 0.5) is 16.0 Å². The van der Waals surface area contributed by atoms with E-state index in [0.717, 1.165) is 36.7 Å². The van der Waals surface area contributed by atoms with Crippen LogP contribution in [0.1, 0.15) is 24.7 Å². The van der Waals surface area contributed by atoms with E-state index in [9.17, 15) is 4.39 Å². The first kappa shape index (κ1) is 15.5. The van der Waals surface area contributed by atoms with E-state index in [1.54, 1.807) is 6.20 Å². The first-order valence-electron chi connectivity index (χ1n) is 8.99. The number of hydrogen-bond acceptors (Lipinski definition) is 6. The molecular weight excluding hydrogens is 333 g/mol. The van der Waals surface area contributed by atoms with Crippen molar-refractivity contribution in [1.82, 2.24) is 24.6 Å². The number of anilines is 2. The Kier molecular flexibility index (Phi) is 3.35. The Morgan fingerprint density at radius 1 is 1.23 bits per heavy atom. The number of nitrogens with zero attached hydrogens (tertiary/aromatic N) is 7. The molecule has 7 nitrogen and oxygen atoms in total. The SMILES string of the molecule is CCc1ncnc(N2CC3CC(C2)N3c2cc(C)nc3ccnn23)c1F. The molecule has 3 fully saturated rings. The summed E-state index contributed by atoms with van der Waals surface area (Å²) in [6.07, 6.45) is 4.92. The molecule has 0 amide bonds. The molecule has 3 aromatic rings. The zero-order valence-corrected chi connectivity index (χ0v) is 14.8. The van der Waals surface area contributed by atoms with E-state index in [-0.39, 0.29) is 5.82 Å². The van der Waals surface area contributed by atoms with E-state index in [2.05, 4.69) is 35.9 Å². The highest BCUT2D eigenvalue weighted by Crippen LogP contribution is 2.38. The van der Waals surface area contributed by atoms with Gasteiger partial charge in [-0.2, -0.15) is 9.61 Å². The van der Waals surface area contributed by atoms with E-state index in [1.807, 2.05) is 24.4 Å². The van der Waals surface area contributed by atoms with Gasteiger partial charge in [0.1, 0.15) is 12.1 Å². The summed E-state index contributed by atoms with van der Waals surface area (Å²) in [5.41, 5.74) is 2.31. The number of halogens is 1. The summed E-state index contributed by atoms with van der Waals surface area (Å²) in [7, 11) is 0. The van der Waals surface area contributed by atoms with Gasteiger partial charge in [-0.1, -0.05) is 6.92 Å². The van der Waals surface area contributed by atoms with Crippen LogP contribution in [0.3, 0.4) is 0 Å². The van der Waals surface area contributed by atoms with Gasteiger partial charge < -0.3 is 9.80 Å². The zero-order valence-electron chi connectivity index (χ0n) is 14.8. The van der Waals surface area contributed by atoms with Crippen LogP contribution in [-0.2, 0) is 6.42 Å². The number of aromatic nitrogens is 5. The summed E-state index contributed by atoms with van der Waals surface area (Å²) < 4.78 is 16.5. The number of fused-ring (bicyclic) bond motifs is 3. The second-order valence-electron chi connectivity index (χ2n) is 7.02. The van der Waals surface area contributed by atoms with Gasteiger partial charge in [-0.15, -0.1) is 0 Å². The maximum atomic E-state index is 14.6. The normalized spacial score (nSPS) is 22.0. The second kappa shape index (κ2) is 5.62. The summed E-state index contributed by atoms with van der Waals surface area (Å²) in [6.45, 7) is 5.40. The molecule has 2 bridgehead atoms. The molecule has 6 heterocycles. The third kappa shape index (κ3) is 2.17. The fourth-order valence-electron chi connectivity index (χ4n) is 4.22. The van der Waals surface area contributed by atoms with Crippen LogP contribution in [0.25, 0.3) is 5.65 Å². The highest BCUT2D eigenvalue weighted by Gasteiger charge is 2.46. The molecule has 3 aromatic heterocycles. The van der Waals surface area contributed by atoms with Crippen LogP contribution in [-0.4, -0.2) is 49.7 Å². The van der Waals surface area contributed by atoms with Gasteiger partial charge >= 0.3 is 0 Å². The lowest BCUT2D eigenvalue weighted by Crippen LogP contribution is -2.69. The van der Waals surface area contributed by atoms with Crippen LogP contribution in [0.2, 0.25) is 0 Å². The average Bonchev–Trinajstić information content (AvgIpc) is 3.10. The minimum atomic E-state index is -0.280. The van der Waals surface area contributed by atoms with Crippen molar-refractivity contribution in [3.63, 3.8) is 0 Å². The molecule has 8 heteroatoms. The van der Waals surface area contributed by atoms with Gasteiger partial charge in [0.05, 0.1) is 24.0 Å². The third-order valence-corrected chi connectivity index (χ3v) is 5.40. The third-order valence-electron chi connectivity index (χ3n) is 5.40. The van der Waals surface area contributed by atoms with E-state index in [1.165, 1.54) is 6.33 Å². The molecule has 3 aliphatic rings. The Hall–Kier alpha value is -2.77. The van der Waals surface area contributed by atoms with Crippen molar-refractivity contribution in [3.8, 4) is 0 Å². The molecular formula is C18H20FN7. The molecule has 2 atom stereocenters. The van der Waals surface area contributed by atoms with E-state index >= 15 is 0 Å². The van der Waals surface area contributed by atoms with Gasteiger partial charge in [-0.3, -0.25) is 0 Å². The lowest BCUT2D eigenvalue weighted by Gasteiger charge is -2.57. The predicted octanol–water partition coefficient (Wildman–Crippen LogP) is 2.00. The standard InChI is InChI=1S/C18H20FN7/c1-3-14-17(19)18(21-10-20-14)24-8-12-7-13(9-24)25(12)16-6-11(2)23-15-4-5-22-26(15)16/h4-6,10,12-13H,3,7-9H2,1-2H3. The number of hydrogen-bond donors (Lipinski definition) is 0. The van der Waals surface area contributed by atoms with Crippen LogP contribution in [0.5, 0.6) is 0 Å².